The van der Waals surface area contributed by atoms with Gasteiger partial charge in [-0.2, -0.15) is 5.26 Å². The Labute approximate surface area is 108 Å². The standard InChI is InChI=1S/C13H17FN2.ClH/c1-11-9-13(14)6-5-12(11)10-16-8-4-2-3-7-15;/h5-6,9,16H,2-4,8,10H2,1H3;1H. The van der Waals surface area contributed by atoms with Gasteiger partial charge in [0, 0.05) is 13.0 Å². The predicted octanol–water partition coefficient (Wildman–Crippen LogP) is 3.34. The summed E-state index contributed by atoms with van der Waals surface area (Å²) in [6.45, 7) is 3.58. The zero-order chi connectivity index (χ0) is 11.8. The van der Waals surface area contributed by atoms with Crippen LogP contribution in [0.5, 0.6) is 0 Å². The Kier molecular flexibility index (Phi) is 8.39. The number of nitrogens with zero attached hydrogens (tertiary/aromatic N) is 1. The van der Waals surface area contributed by atoms with Gasteiger partial charge in [-0.15, -0.1) is 12.4 Å². The van der Waals surface area contributed by atoms with Crippen molar-refractivity contribution in [2.24, 2.45) is 0 Å². The van der Waals surface area contributed by atoms with E-state index in [-0.39, 0.29) is 18.2 Å². The molecule has 0 amide bonds. The zero-order valence-corrected chi connectivity index (χ0v) is 10.8. The first-order valence-corrected chi connectivity index (χ1v) is 5.56. The zero-order valence-electron chi connectivity index (χ0n) is 10.0. The van der Waals surface area contributed by atoms with Crippen molar-refractivity contribution in [2.75, 3.05) is 6.54 Å². The van der Waals surface area contributed by atoms with Crippen LogP contribution in [0.2, 0.25) is 0 Å². The maximum atomic E-state index is 12.8. The molecule has 0 unspecified atom stereocenters. The van der Waals surface area contributed by atoms with Crippen LogP contribution in [0.4, 0.5) is 4.39 Å². The fraction of sp³-hybridized carbons (Fsp3) is 0.462. The van der Waals surface area contributed by atoms with Crippen molar-refractivity contribution in [1.82, 2.24) is 5.32 Å². The first-order valence-electron chi connectivity index (χ1n) is 5.56. The second kappa shape index (κ2) is 8.98. The molecule has 0 saturated carbocycles. The molecule has 2 nitrogen and oxygen atoms in total. The summed E-state index contributed by atoms with van der Waals surface area (Å²) in [5, 5.41) is 11.6. The fourth-order valence-electron chi connectivity index (χ4n) is 1.53. The van der Waals surface area contributed by atoms with Crippen LogP contribution in [0.3, 0.4) is 0 Å². The number of benzene rings is 1. The molecule has 0 atom stereocenters. The highest BCUT2D eigenvalue weighted by molar-refractivity contribution is 5.85. The van der Waals surface area contributed by atoms with Gasteiger partial charge in [0.2, 0.25) is 0 Å². The highest BCUT2D eigenvalue weighted by Crippen LogP contribution is 2.09. The average Bonchev–Trinajstić information content (AvgIpc) is 2.26. The van der Waals surface area contributed by atoms with Crippen LogP contribution in [-0.4, -0.2) is 6.54 Å². The molecule has 1 N–H and O–H groups in total. The number of hydrogen-bond acceptors (Lipinski definition) is 2. The number of aryl methyl sites for hydroxylation is 1. The number of unbranched alkanes of at least 4 members (excludes halogenated alkanes) is 2. The topological polar surface area (TPSA) is 35.8 Å². The van der Waals surface area contributed by atoms with Crippen LogP contribution in [-0.2, 0) is 6.54 Å². The van der Waals surface area contributed by atoms with Crippen molar-refractivity contribution >= 4 is 12.4 Å². The third kappa shape index (κ3) is 6.25. The Balaban J connectivity index is 0.00000256. The van der Waals surface area contributed by atoms with Gasteiger partial charge in [0.25, 0.3) is 0 Å². The molecule has 0 bridgehead atoms. The number of halogens is 2. The molecule has 0 spiro atoms. The molecule has 94 valence electrons. The van der Waals surface area contributed by atoms with Gasteiger partial charge in [-0.05, 0) is 49.6 Å². The molecule has 0 aliphatic heterocycles. The summed E-state index contributed by atoms with van der Waals surface area (Å²) in [5.41, 5.74) is 2.10. The van der Waals surface area contributed by atoms with E-state index in [9.17, 15) is 4.39 Å². The van der Waals surface area contributed by atoms with E-state index >= 15 is 0 Å². The van der Waals surface area contributed by atoms with Crippen molar-refractivity contribution < 1.29 is 4.39 Å². The van der Waals surface area contributed by atoms with Crippen molar-refractivity contribution in [3.8, 4) is 6.07 Å². The Morgan fingerprint density at radius 2 is 2.12 bits per heavy atom. The van der Waals surface area contributed by atoms with Crippen molar-refractivity contribution in [3.63, 3.8) is 0 Å². The lowest BCUT2D eigenvalue weighted by atomic mass is 10.1. The largest absolute Gasteiger partial charge is 0.313 e. The second-order valence-electron chi connectivity index (χ2n) is 3.86. The molecule has 0 aromatic heterocycles. The van der Waals surface area contributed by atoms with Gasteiger partial charge >= 0.3 is 0 Å². The Bertz CT molecular complexity index is 374. The molecule has 0 fully saturated rings. The van der Waals surface area contributed by atoms with Crippen molar-refractivity contribution in [2.45, 2.75) is 32.7 Å². The second-order valence-corrected chi connectivity index (χ2v) is 3.86. The average molecular weight is 257 g/mol. The van der Waals surface area contributed by atoms with Crippen LogP contribution < -0.4 is 5.32 Å². The minimum atomic E-state index is -0.185. The predicted molar refractivity (Wildman–Crippen MR) is 69.6 cm³/mol. The highest BCUT2D eigenvalue weighted by atomic mass is 35.5. The third-order valence-electron chi connectivity index (χ3n) is 2.51. The van der Waals surface area contributed by atoms with Gasteiger partial charge in [0.1, 0.15) is 5.82 Å². The van der Waals surface area contributed by atoms with E-state index in [2.05, 4.69) is 11.4 Å². The van der Waals surface area contributed by atoms with E-state index in [0.29, 0.717) is 6.42 Å². The molecule has 1 aromatic carbocycles. The lowest BCUT2D eigenvalue weighted by Gasteiger charge is -2.07. The minimum absolute atomic E-state index is 0. The maximum absolute atomic E-state index is 12.8. The number of nitriles is 1. The lowest BCUT2D eigenvalue weighted by molar-refractivity contribution is 0.615. The van der Waals surface area contributed by atoms with E-state index in [4.69, 9.17) is 5.26 Å². The molecular weight excluding hydrogens is 239 g/mol. The van der Waals surface area contributed by atoms with Crippen molar-refractivity contribution in [1.29, 1.82) is 5.26 Å². The fourth-order valence-corrected chi connectivity index (χ4v) is 1.53. The molecular formula is C13H18ClFN2. The maximum Gasteiger partial charge on any atom is 0.123 e. The smallest absolute Gasteiger partial charge is 0.123 e. The van der Waals surface area contributed by atoms with Gasteiger partial charge in [0.05, 0.1) is 6.07 Å². The summed E-state index contributed by atoms with van der Waals surface area (Å²) in [6, 6.07) is 6.97. The molecule has 0 aliphatic carbocycles. The molecule has 1 aromatic rings. The van der Waals surface area contributed by atoms with E-state index in [0.717, 1.165) is 37.1 Å². The molecule has 17 heavy (non-hydrogen) atoms. The van der Waals surface area contributed by atoms with Gasteiger partial charge in [-0.25, -0.2) is 4.39 Å². The summed E-state index contributed by atoms with van der Waals surface area (Å²) >= 11 is 0. The van der Waals surface area contributed by atoms with Crippen LogP contribution in [0.15, 0.2) is 18.2 Å². The summed E-state index contributed by atoms with van der Waals surface area (Å²) in [7, 11) is 0. The highest BCUT2D eigenvalue weighted by Gasteiger charge is 1.99. The number of rotatable bonds is 6. The first-order chi connectivity index (χ1) is 7.74. The van der Waals surface area contributed by atoms with Crippen LogP contribution in [0, 0.1) is 24.1 Å². The summed E-state index contributed by atoms with van der Waals surface area (Å²) in [6.07, 6.45) is 2.57. The van der Waals surface area contributed by atoms with Crippen molar-refractivity contribution in [3.05, 3.63) is 35.1 Å². The minimum Gasteiger partial charge on any atom is -0.313 e. The molecule has 0 aliphatic rings. The van der Waals surface area contributed by atoms with E-state index < -0.39 is 0 Å². The molecule has 0 saturated heterocycles. The molecule has 0 radical (unpaired) electrons. The van der Waals surface area contributed by atoms with Gasteiger partial charge < -0.3 is 5.32 Å². The van der Waals surface area contributed by atoms with Crippen LogP contribution in [0.25, 0.3) is 0 Å². The Morgan fingerprint density at radius 1 is 1.35 bits per heavy atom. The molecule has 4 heteroatoms. The quantitative estimate of drug-likeness (QED) is 0.793. The Hall–Kier alpha value is -1.11. The molecule has 0 heterocycles. The summed E-state index contributed by atoms with van der Waals surface area (Å²) in [4.78, 5) is 0. The Morgan fingerprint density at radius 3 is 2.76 bits per heavy atom. The van der Waals surface area contributed by atoms with Gasteiger partial charge in [0.15, 0.2) is 0 Å². The van der Waals surface area contributed by atoms with Crippen LogP contribution in [0.1, 0.15) is 30.4 Å². The normalized spacial score (nSPS) is 9.47. The summed E-state index contributed by atoms with van der Waals surface area (Å²) < 4.78 is 12.8. The lowest BCUT2D eigenvalue weighted by Crippen LogP contribution is -2.15. The van der Waals surface area contributed by atoms with E-state index in [1.807, 2.05) is 13.0 Å². The number of nitrogens with one attached hydrogen (secondary N) is 1. The molecule has 1 rings (SSSR count). The number of hydrogen-bond donors (Lipinski definition) is 1. The summed E-state index contributed by atoms with van der Waals surface area (Å²) in [5.74, 6) is -0.185. The monoisotopic (exact) mass is 256 g/mol. The first kappa shape index (κ1) is 15.9. The van der Waals surface area contributed by atoms with Crippen LogP contribution >= 0.6 is 12.4 Å². The van der Waals surface area contributed by atoms with E-state index in [1.165, 1.54) is 6.07 Å². The third-order valence-corrected chi connectivity index (χ3v) is 2.51. The van der Waals surface area contributed by atoms with Gasteiger partial charge in [-0.1, -0.05) is 6.07 Å². The van der Waals surface area contributed by atoms with Gasteiger partial charge in [-0.3, -0.25) is 0 Å². The van der Waals surface area contributed by atoms with E-state index in [1.54, 1.807) is 6.07 Å². The SMILES string of the molecule is Cc1cc(F)ccc1CNCCCCC#N.Cl.